The fourth-order valence-electron chi connectivity index (χ4n) is 3.65. The van der Waals surface area contributed by atoms with Gasteiger partial charge in [-0.15, -0.1) is 0 Å². The molecule has 0 amide bonds. The molecule has 30 heavy (non-hydrogen) atoms. The van der Waals surface area contributed by atoms with Crippen molar-refractivity contribution in [3.05, 3.63) is 89.2 Å². The number of carboxylic acid groups (broad SMARTS) is 1. The summed E-state index contributed by atoms with van der Waals surface area (Å²) in [5.74, 6) is -0.998. The van der Waals surface area contributed by atoms with Gasteiger partial charge in [-0.05, 0) is 35.4 Å². The van der Waals surface area contributed by atoms with E-state index in [0.29, 0.717) is 0 Å². The fraction of sp³-hybridized carbons (Fsp3) is 0.130. The van der Waals surface area contributed by atoms with Crippen LogP contribution >= 0.6 is 0 Å². The standard InChI is InChI=1S/C23H17F3N2O2/c1-14-20(22(29)30)28(13-17-9-4-7-15-6-2-3-11-19(15)17)21(27-14)16-8-5-10-18(12-16)23(24,25)26/h2-12H,13H2,1H3,(H,29,30). The maximum Gasteiger partial charge on any atom is 0.416 e. The molecule has 0 saturated heterocycles. The van der Waals surface area contributed by atoms with Crippen molar-refractivity contribution in [2.24, 2.45) is 0 Å². The van der Waals surface area contributed by atoms with Gasteiger partial charge in [0.1, 0.15) is 5.82 Å². The summed E-state index contributed by atoms with van der Waals surface area (Å²) in [4.78, 5) is 16.2. The van der Waals surface area contributed by atoms with Crippen molar-refractivity contribution in [3.63, 3.8) is 0 Å². The zero-order valence-corrected chi connectivity index (χ0v) is 15.9. The highest BCUT2D eigenvalue weighted by Gasteiger charge is 2.31. The van der Waals surface area contributed by atoms with Gasteiger partial charge in [-0.2, -0.15) is 13.2 Å². The molecule has 0 atom stereocenters. The van der Waals surface area contributed by atoms with Crippen LogP contribution < -0.4 is 0 Å². The molecule has 4 rings (SSSR count). The minimum atomic E-state index is -4.51. The van der Waals surface area contributed by atoms with Crippen molar-refractivity contribution in [3.8, 4) is 11.4 Å². The van der Waals surface area contributed by atoms with Crippen LogP contribution in [0.25, 0.3) is 22.2 Å². The number of aromatic carboxylic acids is 1. The number of rotatable bonds is 4. The Morgan fingerprint density at radius 3 is 2.47 bits per heavy atom. The van der Waals surface area contributed by atoms with E-state index in [1.165, 1.54) is 16.7 Å². The Bertz CT molecular complexity index is 1250. The maximum absolute atomic E-state index is 13.2. The van der Waals surface area contributed by atoms with E-state index in [-0.39, 0.29) is 29.3 Å². The second-order valence-electron chi connectivity index (χ2n) is 6.98. The molecule has 7 heteroatoms. The van der Waals surface area contributed by atoms with Crippen LogP contribution in [0.2, 0.25) is 0 Å². The first-order valence-corrected chi connectivity index (χ1v) is 9.20. The molecule has 0 aliphatic heterocycles. The minimum Gasteiger partial charge on any atom is -0.477 e. The monoisotopic (exact) mass is 410 g/mol. The Balaban J connectivity index is 1.90. The summed E-state index contributed by atoms with van der Waals surface area (Å²) in [7, 11) is 0. The van der Waals surface area contributed by atoms with Gasteiger partial charge in [0.2, 0.25) is 0 Å². The highest BCUT2D eigenvalue weighted by Crippen LogP contribution is 2.33. The summed E-state index contributed by atoms with van der Waals surface area (Å²) in [6.45, 7) is 1.70. The van der Waals surface area contributed by atoms with Crippen LogP contribution in [0.4, 0.5) is 13.2 Å². The Morgan fingerprint density at radius 2 is 1.73 bits per heavy atom. The van der Waals surface area contributed by atoms with Gasteiger partial charge < -0.3 is 9.67 Å². The average molecular weight is 410 g/mol. The zero-order valence-electron chi connectivity index (χ0n) is 15.9. The van der Waals surface area contributed by atoms with Crippen LogP contribution in [-0.2, 0) is 12.7 Å². The van der Waals surface area contributed by atoms with Gasteiger partial charge in [0.15, 0.2) is 5.69 Å². The molecule has 0 unspecified atom stereocenters. The van der Waals surface area contributed by atoms with Gasteiger partial charge in [-0.25, -0.2) is 9.78 Å². The van der Waals surface area contributed by atoms with Crippen molar-refractivity contribution < 1.29 is 23.1 Å². The lowest BCUT2D eigenvalue weighted by Crippen LogP contribution is -2.12. The minimum absolute atomic E-state index is 0.0460. The molecule has 0 aliphatic rings. The second-order valence-corrected chi connectivity index (χ2v) is 6.98. The SMILES string of the molecule is Cc1nc(-c2cccc(C(F)(F)F)c2)n(Cc2cccc3ccccc23)c1C(=O)O. The van der Waals surface area contributed by atoms with E-state index in [1.54, 1.807) is 6.92 Å². The quantitative estimate of drug-likeness (QED) is 0.464. The van der Waals surface area contributed by atoms with E-state index in [4.69, 9.17) is 0 Å². The van der Waals surface area contributed by atoms with E-state index in [0.717, 1.165) is 28.5 Å². The fourth-order valence-corrected chi connectivity index (χ4v) is 3.65. The first-order valence-electron chi connectivity index (χ1n) is 9.20. The third-order valence-electron chi connectivity index (χ3n) is 5.00. The molecule has 3 aromatic carbocycles. The van der Waals surface area contributed by atoms with Crippen LogP contribution in [0, 0.1) is 6.92 Å². The number of carboxylic acids is 1. The molecule has 0 bridgehead atoms. The predicted molar refractivity (Wildman–Crippen MR) is 107 cm³/mol. The molecule has 4 aromatic rings. The Kier molecular flexibility index (Phi) is 4.81. The number of aryl methyl sites for hydroxylation is 1. The first-order chi connectivity index (χ1) is 14.3. The molecule has 4 nitrogen and oxygen atoms in total. The van der Waals surface area contributed by atoms with Crippen LogP contribution in [0.15, 0.2) is 66.7 Å². The number of halogens is 3. The van der Waals surface area contributed by atoms with E-state index >= 15 is 0 Å². The number of hydrogen-bond donors (Lipinski definition) is 1. The molecule has 0 spiro atoms. The number of fused-ring (bicyclic) bond motifs is 1. The first kappa shape index (κ1) is 19.7. The molecule has 0 radical (unpaired) electrons. The summed E-state index contributed by atoms with van der Waals surface area (Å²) in [5.41, 5.74) is 0.446. The lowest BCUT2D eigenvalue weighted by Gasteiger charge is -2.14. The molecule has 0 saturated carbocycles. The third-order valence-corrected chi connectivity index (χ3v) is 5.00. The second kappa shape index (κ2) is 7.33. The Hall–Kier alpha value is -3.61. The zero-order chi connectivity index (χ0) is 21.5. The number of carbonyl (C=O) groups is 1. The molecular weight excluding hydrogens is 393 g/mol. The summed E-state index contributed by atoms with van der Waals surface area (Å²) < 4.78 is 41.1. The third kappa shape index (κ3) is 3.54. The number of benzene rings is 3. The molecule has 1 heterocycles. The highest BCUT2D eigenvalue weighted by atomic mass is 19.4. The van der Waals surface area contributed by atoms with E-state index in [2.05, 4.69) is 4.98 Å². The van der Waals surface area contributed by atoms with E-state index < -0.39 is 17.7 Å². The number of nitrogens with zero attached hydrogens (tertiary/aromatic N) is 2. The Labute approximate surface area is 170 Å². The summed E-state index contributed by atoms with van der Waals surface area (Å²) in [5, 5.41) is 11.7. The van der Waals surface area contributed by atoms with Gasteiger partial charge in [0, 0.05) is 5.56 Å². The maximum atomic E-state index is 13.2. The topological polar surface area (TPSA) is 55.1 Å². The van der Waals surface area contributed by atoms with Crippen molar-refractivity contribution >= 4 is 16.7 Å². The lowest BCUT2D eigenvalue weighted by molar-refractivity contribution is -0.137. The molecule has 1 N–H and O–H groups in total. The van der Waals surface area contributed by atoms with Gasteiger partial charge in [-0.1, -0.05) is 54.6 Å². The molecule has 0 aliphatic carbocycles. The number of imidazole rings is 1. The summed E-state index contributed by atoms with van der Waals surface area (Å²) in [6.07, 6.45) is -4.51. The van der Waals surface area contributed by atoms with Gasteiger partial charge in [-0.3, -0.25) is 0 Å². The van der Waals surface area contributed by atoms with Crippen molar-refractivity contribution in [2.75, 3.05) is 0 Å². The van der Waals surface area contributed by atoms with Crippen molar-refractivity contribution in [1.82, 2.24) is 9.55 Å². The van der Waals surface area contributed by atoms with E-state index in [9.17, 15) is 23.1 Å². The van der Waals surface area contributed by atoms with E-state index in [1.807, 2.05) is 42.5 Å². The molecule has 0 fully saturated rings. The van der Waals surface area contributed by atoms with Crippen LogP contribution in [0.3, 0.4) is 0 Å². The Morgan fingerprint density at radius 1 is 1.03 bits per heavy atom. The van der Waals surface area contributed by atoms with Gasteiger partial charge in [0.25, 0.3) is 0 Å². The number of alkyl halides is 3. The van der Waals surface area contributed by atoms with Crippen LogP contribution in [0.1, 0.15) is 27.3 Å². The highest BCUT2D eigenvalue weighted by molar-refractivity contribution is 5.89. The van der Waals surface area contributed by atoms with Gasteiger partial charge >= 0.3 is 12.1 Å². The molecule has 152 valence electrons. The summed E-state index contributed by atoms with van der Waals surface area (Å²) >= 11 is 0. The largest absolute Gasteiger partial charge is 0.477 e. The normalized spacial score (nSPS) is 11.7. The molecular formula is C23H17F3N2O2. The predicted octanol–water partition coefficient (Wildman–Crippen LogP) is 5.78. The average Bonchev–Trinajstić information content (AvgIpc) is 3.04. The van der Waals surface area contributed by atoms with Crippen molar-refractivity contribution in [1.29, 1.82) is 0 Å². The van der Waals surface area contributed by atoms with Crippen molar-refractivity contribution in [2.45, 2.75) is 19.6 Å². The molecule has 1 aromatic heterocycles. The smallest absolute Gasteiger partial charge is 0.416 e. The number of hydrogen-bond acceptors (Lipinski definition) is 2. The van der Waals surface area contributed by atoms with Gasteiger partial charge in [0.05, 0.1) is 17.8 Å². The lowest BCUT2D eigenvalue weighted by atomic mass is 10.0. The summed E-state index contributed by atoms with van der Waals surface area (Å²) in [6, 6.07) is 18.1. The number of aromatic nitrogens is 2. The van der Waals surface area contributed by atoms with Crippen LogP contribution in [0.5, 0.6) is 0 Å². The van der Waals surface area contributed by atoms with Crippen LogP contribution in [-0.4, -0.2) is 20.6 Å².